The molecule has 24 heavy (non-hydrogen) atoms. The molecule has 1 aromatic carbocycles. The summed E-state index contributed by atoms with van der Waals surface area (Å²) in [5.41, 5.74) is 0.712. The molecule has 0 unspecified atom stereocenters. The minimum absolute atomic E-state index is 0.0821. The van der Waals surface area contributed by atoms with Crippen molar-refractivity contribution in [2.45, 2.75) is 26.2 Å². The summed E-state index contributed by atoms with van der Waals surface area (Å²) in [5, 5.41) is 12.7. The van der Waals surface area contributed by atoms with E-state index in [1.54, 1.807) is 23.1 Å². The molecule has 1 aliphatic heterocycles. The molecule has 1 fully saturated rings. The van der Waals surface area contributed by atoms with Crippen LogP contribution >= 0.6 is 22.9 Å². The van der Waals surface area contributed by atoms with Gasteiger partial charge in [0.2, 0.25) is 16.9 Å². The van der Waals surface area contributed by atoms with Crippen LogP contribution < -0.4 is 10.2 Å². The summed E-state index contributed by atoms with van der Waals surface area (Å²) in [6, 6.07) is 7.07. The number of anilines is 2. The first-order chi connectivity index (χ1) is 11.6. The highest BCUT2D eigenvalue weighted by atomic mass is 35.5. The molecule has 1 N–H and O–H groups in total. The number of rotatable bonds is 5. The molecule has 1 aromatic heterocycles. The van der Waals surface area contributed by atoms with Crippen LogP contribution in [0.5, 0.6) is 0 Å². The summed E-state index contributed by atoms with van der Waals surface area (Å²) in [4.78, 5) is 26.2. The lowest BCUT2D eigenvalue weighted by atomic mass is 10.1. The summed E-state index contributed by atoms with van der Waals surface area (Å²) in [5.74, 6) is -0.691. The maximum Gasteiger partial charge on any atom is 0.231 e. The quantitative estimate of drug-likeness (QED) is 0.884. The van der Waals surface area contributed by atoms with E-state index >= 15 is 0 Å². The molecule has 126 valence electrons. The summed E-state index contributed by atoms with van der Waals surface area (Å²) < 4.78 is 0. The van der Waals surface area contributed by atoms with Crippen LogP contribution in [0, 0.1) is 5.92 Å². The molecule has 0 radical (unpaired) electrons. The van der Waals surface area contributed by atoms with Crippen LogP contribution in [0.15, 0.2) is 24.3 Å². The van der Waals surface area contributed by atoms with Gasteiger partial charge in [-0.1, -0.05) is 35.9 Å². The fourth-order valence-corrected chi connectivity index (χ4v) is 3.63. The van der Waals surface area contributed by atoms with Crippen molar-refractivity contribution in [3.8, 4) is 0 Å². The molecule has 2 heterocycles. The second-order valence-corrected chi connectivity index (χ2v) is 7.12. The summed E-state index contributed by atoms with van der Waals surface area (Å²) >= 11 is 7.35. The van der Waals surface area contributed by atoms with E-state index in [-0.39, 0.29) is 18.2 Å². The van der Waals surface area contributed by atoms with Crippen molar-refractivity contribution in [3.05, 3.63) is 34.3 Å². The van der Waals surface area contributed by atoms with Crippen LogP contribution in [0.2, 0.25) is 5.02 Å². The lowest BCUT2D eigenvalue weighted by molar-refractivity contribution is -0.122. The number of hydrogen-bond donors (Lipinski definition) is 1. The Bertz CT molecular complexity index is 764. The van der Waals surface area contributed by atoms with Crippen molar-refractivity contribution in [2.75, 3.05) is 16.8 Å². The van der Waals surface area contributed by atoms with Gasteiger partial charge >= 0.3 is 0 Å². The van der Waals surface area contributed by atoms with Gasteiger partial charge in [-0.25, -0.2) is 0 Å². The lowest BCUT2D eigenvalue weighted by Crippen LogP contribution is -2.28. The number of benzene rings is 1. The molecule has 1 atom stereocenters. The highest BCUT2D eigenvalue weighted by molar-refractivity contribution is 7.15. The van der Waals surface area contributed by atoms with E-state index in [1.165, 1.54) is 11.3 Å². The summed E-state index contributed by atoms with van der Waals surface area (Å²) in [6.07, 6.45) is 2.01. The number of halogens is 1. The number of amides is 2. The molecule has 0 bridgehead atoms. The molecule has 1 aliphatic rings. The minimum atomic E-state index is -0.407. The van der Waals surface area contributed by atoms with Gasteiger partial charge < -0.3 is 10.2 Å². The Morgan fingerprint density at radius 2 is 2.29 bits per heavy atom. The third-order valence-corrected chi connectivity index (χ3v) is 4.91. The van der Waals surface area contributed by atoms with Gasteiger partial charge in [-0.3, -0.25) is 9.59 Å². The first kappa shape index (κ1) is 16.9. The van der Waals surface area contributed by atoms with Gasteiger partial charge in [-0.15, -0.1) is 10.2 Å². The van der Waals surface area contributed by atoms with Crippen molar-refractivity contribution >= 4 is 45.6 Å². The smallest absolute Gasteiger partial charge is 0.231 e. The Labute approximate surface area is 148 Å². The minimum Gasteiger partial charge on any atom is -0.312 e. The Hall–Kier alpha value is -1.99. The maximum atomic E-state index is 12.4. The van der Waals surface area contributed by atoms with Crippen LogP contribution in [0.3, 0.4) is 0 Å². The SMILES string of the molecule is CCCc1nnc(NC(=O)[C@@H]2CC(=O)N(c3cccc(Cl)c3)C2)s1. The number of aryl methyl sites for hydroxylation is 1. The third kappa shape index (κ3) is 3.73. The molecule has 0 spiro atoms. The molecule has 1 saturated heterocycles. The molecular formula is C16H17ClN4O2S. The van der Waals surface area contributed by atoms with E-state index in [0.29, 0.717) is 22.4 Å². The molecule has 3 rings (SSSR count). The largest absolute Gasteiger partial charge is 0.312 e. The molecule has 0 saturated carbocycles. The predicted octanol–water partition coefficient (Wildman–Crippen LogP) is 3.14. The van der Waals surface area contributed by atoms with Crippen LogP contribution in [-0.4, -0.2) is 28.6 Å². The van der Waals surface area contributed by atoms with Crippen LogP contribution in [-0.2, 0) is 16.0 Å². The highest BCUT2D eigenvalue weighted by Crippen LogP contribution is 2.28. The Balaban J connectivity index is 1.65. The normalized spacial score (nSPS) is 17.3. The van der Waals surface area contributed by atoms with E-state index in [2.05, 4.69) is 22.4 Å². The number of carbonyl (C=O) groups excluding carboxylic acids is 2. The van der Waals surface area contributed by atoms with E-state index in [4.69, 9.17) is 11.6 Å². The van der Waals surface area contributed by atoms with Gasteiger partial charge in [0.15, 0.2) is 0 Å². The molecule has 8 heteroatoms. The van der Waals surface area contributed by atoms with Gasteiger partial charge in [-0.05, 0) is 24.6 Å². The monoisotopic (exact) mass is 364 g/mol. The molecular weight excluding hydrogens is 348 g/mol. The highest BCUT2D eigenvalue weighted by Gasteiger charge is 2.35. The van der Waals surface area contributed by atoms with Crippen molar-refractivity contribution < 1.29 is 9.59 Å². The fourth-order valence-electron chi connectivity index (χ4n) is 2.60. The second kappa shape index (κ2) is 7.27. The van der Waals surface area contributed by atoms with Crippen LogP contribution in [0.1, 0.15) is 24.8 Å². The van der Waals surface area contributed by atoms with Crippen molar-refractivity contribution in [3.63, 3.8) is 0 Å². The molecule has 2 aromatic rings. The third-order valence-electron chi connectivity index (χ3n) is 3.78. The van der Waals surface area contributed by atoms with Crippen molar-refractivity contribution in [1.29, 1.82) is 0 Å². The molecule has 2 amide bonds. The number of nitrogens with zero attached hydrogens (tertiary/aromatic N) is 3. The summed E-state index contributed by atoms with van der Waals surface area (Å²) in [7, 11) is 0. The Kier molecular flexibility index (Phi) is 5.11. The number of aromatic nitrogens is 2. The number of nitrogens with one attached hydrogen (secondary N) is 1. The van der Waals surface area contributed by atoms with E-state index in [1.807, 2.05) is 6.07 Å². The topological polar surface area (TPSA) is 75.2 Å². The van der Waals surface area contributed by atoms with E-state index < -0.39 is 5.92 Å². The van der Waals surface area contributed by atoms with Crippen molar-refractivity contribution in [2.24, 2.45) is 5.92 Å². The predicted molar refractivity (Wildman–Crippen MR) is 94.4 cm³/mol. The van der Waals surface area contributed by atoms with Gasteiger partial charge in [0.25, 0.3) is 0 Å². The molecule has 0 aliphatic carbocycles. The van der Waals surface area contributed by atoms with Gasteiger partial charge in [0.05, 0.1) is 5.92 Å². The fraction of sp³-hybridized carbons (Fsp3) is 0.375. The maximum absolute atomic E-state index is 12.4. The first-order valence-electron chi connectivity index (χ1n) is 7.76. The average molecular weight is 365 g/mol. The zero-order valence-electron chi connectivity index (χ0n) is 13.2. The van der Waals surface area contributed by atoms with E-state index in [9.17, 15) is 9.59 Å². The second-order valence-electron chi connectivity index (χ2n) is 5.63. The number of hydrogen-bond acceptors (Lipinski definition) is 5. The Morgan fingerprint density at radius 3 is 3.04 bits per heavy atom. The lowest BCUT2D eigenvalue weighted by Gasteiger charge is -2.16. The zero-order chi connectivity index (χ0) is 17.1. The summed E-state index contributed by atoms with van der Waals surface area (Å²) in [6.45, 7) is 2.40. The first-order valence-corrected chi connectivity index (χ1v) is 8.95. The Morgan fingerprint density at radius 1 is 1.46 bits per heavy atom. The van der Waals surface area contributed by atoms with Gasteiger partial charge in [-0.2, -0.15) is 0 Å². The zero-order valence-corrected chi connectivity index (χ0v) is 14.7. The van der Waals surface area contributed by atoms with Crippen LogP contribution in [0.25, 0.3) is 0 Å². The van der Waals surface area contributed by atoms with E-state index in [0.717, 1.165) is 17.8 Å². The average Bonchev–Trinajstić information content (AvgIpc) is 3.14. The number of carbonyl (C=O) groups is 2. The van der Waals surface area contributed by atoms with Gasteiger partial charge in [0, 0.05) is 30.1 Å². The van der Waals surface area contributed by atoms with Crippen molar-refractivity contribution in [1.82, 2.24) is 10.2 Å². The standard InChI is InChI=1S/C16H17ClN4O2S/c1-2-4-13-19-20-16(24-13)18-15(23)10-7-14(22)21(9-10)12-6-3-5-11(17)8-12/h3,5-6,8,10H,2,4,7,9H2,1H3,(H,18,20,23)/t10-/m1/s1. The van der Waals surface area contributed by atoms with Crippen LogP contribution in [0.4, 0.5) is 10.8 Å². The van der Waals surface area contributed by atoms with Gasteiger partial charge in [0.1, 0.15) is 5.01 Å². The molecule has 6 nitrogen and oxygen atoms in total.